The fourth-order valence-electron chi connectivity index (χ4n) is 3.03. The van der Waals surface area contributed by atoms with Gasteiger partial charge >= 0.3 is 0 Å². The van der Waals surface area contributed by atoms with Gasteiger partial charge in [-0.2, -0.15) is 5.10 Å². The van der Waals surface area contributed by atoms with E-state index in [1.807, 2.05) is 48.5 Å². The van der Waals surface area contributed by atoms with Crippen LogP contribution in [0, 0.1) is 0 Å². The Kier molecular flexibility index (Phi) is 7.05. The average Bonchev–Trinajstić information content (AvgIpc) is 2.79. The lowest BCUT2D eigenvalue weighted by Crippen LogP contribution is -2.18. The van der Waals surface area contributed by atoms with Crippen LogP contribution in [0.25, 0.3) is 0 Å². The van der Waals surface area contributed by atoms with Crippen LogP contribution in [0.3, 0.4) is 0 Å². The molecular weight excluding hydrogens is 402 g/mol. The number of carbonyl (C=O) groups is 2. The molecular formula is C26H27N3O3. The van der Waals surface area contributed by atoms with Gasteiger partial charge in [0.15, 0.2) is 0 Å². The maximum Gasteiger partial charge on any atom is 0.271 e. The molecule has 2 amide bonds. The van der Waals surface area contributed by atoms with Crippen LogP contribution < -0.4 is 15.5 Å². The fourth-order valence-corrected chi connectivity index (χ4v) is 3.03. The maximum atomic E-state index is 12.5. The van der Waals surface area contributed by atoms with Crippen molar-refractivity contribution in [3.05, 3.63) is 95.1 Å². The molecule has 32 heavy (non-hydrogen) atoms. The van der Waals surface area contributed by atoms with Crippen LogP contribution in [0.4, 0.5) is 5.69 Å². The number of methoxy groups -OCH3 is 1. The predicted octanol–water partition coefficient (Wildman–Crippen LogP) is 5.01. The molecule has 0 aliphatic rings. The van der Waals surface area contributed by atoms with Crippen molar-refractivity contribution in [3.8, 4) is 5.75 Å². The number of benzene rings is 3. The van der Waals surface area contributed by atoms with Crippen molar-refractivity contribution in [2.24, 2.45) is 5.10 Å². The molecule has 0 bridgehead atoms. The topological polar surface area (TPSA) is 79.8 Å². The number of carbonyl (C=O) groups excluding carboxylic acids is 2. The Labute approximate surface area is 188 Å². The SMILES string of the molecule is COc1ccccc1C=NNC(=O)c1ccc(NC(=O)c2ccc(C(C)(C)C)cc2)cc1. The molecule has 0 unspecified atom stereocenters. The molecule has 3 rings (SSSR count). The zero-order chi connectivity index (χ0) is 23.1. The number of amides is 2. The Morgan fingerprint density at radius 1 is 0.844 bits per heavy atom. The lowest BCUT2D eigenvalue weighted by molar-refractivity contribution is 0.0954. The first-order valence-corrected chi connectivity index (χ1v) is 10.3. The first-order chi connectivity index (χ1) is 15.3. The summed E-state index contributed by atoms with van der Waals surface area (Å²) in [7, 11) is 1.58. The van der Waals surface area contributed by atoms with Crippen molar-refractivity contribution in [2.45, 2.75) is 26.2 Å². The van der Waals surface area contributed by atoms with E-state index in [4.69, 9.17) is 4.74 Å². The molecule has 0 heterocycles. The van der Waals surface area contributed by atoms with E-state index in [2.05, 4.69) is 36.6 Å². The summed E-state index contributed by atoms with van der Waals surface area (Å²) in [4.78, 5) is 24.8. The molecule has 164 valence electrons. The number of hydrogen-bond acceptors (Lipinski definition) is 4. The molecule has 6 heteroatoms. The van der Waals surface area contributed by atoms with E-state index in [0.717, 1.165) is 11.1 Å². The van der Waals surface area contributed by atoms with Gasteiger partial charge in [0.2, 0.25) is 0 Å². The molecule has 2 N–H and O–H groups in total. The van der Waals surface area contributed by atoms with Gasteiger partial charge in [0, 0.05) is 22.4 Å². The summed E-state index contributed by atoms with van der Waals surface area (Å²) >= 11 is 0. The minimum atomic E-state index is -0.355. The van der Waals surface area contributed by atoms with Crippen molar-refractivity contribution < 1.29 is 14.3 Å². The van der Waals surface area contributed by atoms with Crippen LogP contribution in [0.2, 0.25) is 0 Å². The maximum absolute atomic E-state index is 12.5. The Bertz CT molecular complexity index is 1110. The van der Waals surface area contributed by atoms with Crippen molar-refractivity contribution in [3.63, 3.8) is 0 Å². The third-order valence-electron chi connectivity index (χ3n) is 4.93. The lowest BCUT2D eigenvalue weighted by Gasteiger charge is -2.19. The van der Waals surface area contributed by atoms with Crippen LogP contribution in [0.1, 0.15) is 52.6 Å². The summed E-state index contributed by atoms with van der Waals surface area (Å²) in [5.41, 5.74) is 6.04. The molecule has 0 aliphatic heterocycles. The third-order valence-corrected chi connectivity index (χ3v) is 4.93. The smallest absolute Gasteiger partial charge is 0.271 e. The van der Waals surface area contributed by atoms with Gasteiger partial charge in [-0.15, -0.1) is 0 Å². The largest absolute Gasteiger partial charge is 0.496 e. The predicted molar refractivity (Wildman–Crippen MR) is 128 cm³/mol. The Hall–Kier alpha value is -3.93. The Morgan fingerprint density at radius 2 is 1.44 bits per heavy atom. The third kappa shape index (κ3) is 5.82. The average molecular weight is 430 g/mol. The first-order valence-electron chi connectivity index (χ1n) is 10.3. The molecule has 3 aromatic rings. The molecule has 0 aromatic heterocycles. The quantitative estimate of drug-likeness (QED) is 0.427. The molecule has 0 spiro atoms. The van der Waals surface area contributed by atoms with Crippen molar-refractivity contribution in [1.82, 2.24) is 5.43 Å². The van der Waals surface area contributed by atoms with E-state index >= 15 is 0 Å². The van der Waals surface area contributed by atoms with Crippen molar-refractivity contribution in [1.29, 1.82) is 0 Å². The standard InChI is InChI=1S/C26H27N3O3/c1-26(2,3)21-13-9-18(10-14-21)24(30)28-22-15-11-19(12-16-22)25(31)29-27-17-20-7-5-6-8-23(20)32-4/h5-17H,1-4H3,(H,28,30)(H,29,31). The van der Waals surface area contributed by atoms with E-state index in [0.29, 0.717) is 22.6 Å². The van der Waals surface area contributed by atoms with Crippen LogP contribution >= 0.6 is 0 Å². The minimum Gasteiger partial charge on any atom is -0.496 e. The molecule has 0 saturated carbocycles. The van der Waals surface area contributed by atoms with E-state index in [-0.39, 0.29) is 17.2 Å². The molecule has 0 saturated heterocycles. The highest BCUT2D eigenvalue weighted by Crippen LogP contribution is 2.22. The molecule has 0 atom stereocenters. The van der Waals surface area contributed by atoms with E-state index < -0.39 is 0 Å². The number of hydrogen-bond donors (Lipinski definition) is 2. The van der Waals surface area contributed by atoms with Gasteiger partial charge in [-0.3, -0.25) is 9.59 Å². The number of rotatable bonds is 6. The molecule has 0 radical (unpaired) electrons. The van der Waals surface area contributed by atoms with Gasteiger partial charge in [0.25, 0.3) is 11.8 Å². The summed E-state index contributed by atoms with van der Waals surface area (Å²) in [6, 6.07) is 21.6. The number of ether oxygens (including phenoxy) is 1. The number of nitrogens with zero attached hydrogens (tertiary/aromatic N) is 1. The molecule has 3 aromatic carbocycles. The Balaban J connectivity index is 1.59. The summed E-state index contributed by atoms with van der Waals surface area (Å²) in [6.45, 7) is 6.39. The fraction of sp³-hybridized carbons (Fsp3) is 0.192. The minimum absolute atomic E-state index is 0.0304. The monoisotopic (exact) mass is 429 g/mol. The highest BCUT2D eigenvalue weighted by atomic mass is 16.5. The lowest BCUT2D eigenvalue weighted by atomic mass is 9.87. The highest BCUT2D eigenvalue weighted by molar-refractivity contribution is 6.04. The van der Waals surface area contributed by atoms with E-state index in [1.165, 1.54) is 6.21 Å². The summed E-state index contributed by atoms with van der Waals surface area (Å²) in [6.07, 6.45) is 1.52. The first kappa shape index (κ1) is 22.7. The second-order valence-electron chi connectivity index (χ2n) is 8.30. The summed E-state index contributed by atoms with van der Waals surface area (Å²) in [5.74, 6) is 0.106. The molecule has 6 nitrogen and oxygen atoms in total. The van der Waals surface area contributed by atoms with Crippen LogP contribution in [-0.4, -0.2) is 25.1 Å². The summed E-state index contributed by atoms with van der Waals surface area (Å²) in [5, 5.41) is 6.83. The Morgan fingerprint density at radius 3 is 2.06 bits per heavy atom. The van der Waals surface area contributed by atoms with Crippen molar-refractivity contribution in [2.75, 3.05) is 12.4 Å². The number of anilines is 1. The second-order valence-corrected chi connectivity index (χ2v) is 8.30. The normalized spacial score (nSPS) is 11.2. The van der Waals surface area contributed by atoms with Crippen LogP contribution in [0.15, 0.2) is 77.9 Å². The zero-order valence-electron chi connectivity index (χ0n) is 18.7. The number of nitrogens with one attached hydrogen (secondary N) is 2. The number of para-hydroxylation sites is 1. The van der Waals surface area contributed by atoms with Gasteiger partial charge in [0.05, 0.1) is 13.3 Å². The number of hydrazone groups is 1. The van der Waals surface area contributed by atoms with Crippen LogP contribution in [-0.2, 0) is 5.41 Å². The molecule has 0 fully saturated rings. The van der Waals surface area contributed by atoms with E-state index in [1.54, 1.807) is 31.4 Å². The van der Waals surface area contributed by atoms with Gasteiger partial charge in [0.1, 0.15) is 5.75 Å². The molecule has 0 aliphatic carbocycles. The highest BCUT2D eigenvalue weighted by Gasteiger charge is 2.14. The van der Waals surface area contributed by atoms with Crippen molar-refractivity contribution >= 4 is 23.7 Å². The van der Waals surface area contributed by atoms with Gasteiger partial charge in [-0.1, -0.05) is 45.0 Å². The zero-order valence-corrected chi connectivity index (χ0v) is 18.7. The van der Waals surface area contributed by atoms with Gasteiger partial charge in [-0.05, 0) is 59.5 Å². The van der Waals surface area contributed by atoms with E-state index in [9.17, 15) is 9.59 Å². The van der Waals surface area contributed by atoms with Crippen LogP contribution in [0.5, 0.6) is 5.75 Å². The van der Waals surface area contributed by atoms with Gasteiger partial charge in [-0.25, -0.2) is 5.43 Å². The summed E-state index contributed by atoms with van der Waals surface area (Å²) < 4.78 is 5.25. The second kappa shape index (κ2) is 9.92. The van der Waals surface area contributed by atoms with Gasteiger partial charge < -0.3 is 10.1 Å².